The molecule has 1 fully saturated rings. The molecule has 0 aliphatic carbocycles. The van der Waals surface area contributed by atoms with E-state index < -0.39 is 17.7 Å². The molecule has 3 N–H and O–H groups in total. The van der Waals surface area contributed by atoms with Crippen molar-refractivity contribution in [3.05, 3.63) is 59.4 Å². The minimum Gasteiger partial charge on any atom is -0.478 e. The molecule has 1 heterocycles. The number of carboxylic acids is 1. The van der Waals surface area contributed by atoms with Crippen LogP contribution in [0.5, 0.6) is 0 Å². The van der Waals surface area contributed by atoms with Crippen molar-refractivity contribution in [2.45, 2.75) is 13.3 Å². The number of anilines is 2. The molecule has 0 unspecified atom stereocenters. The Bertz CT molecular complexity index is 972. The average molecular weight is 442 g/mol. The molecule has 9 heteroatoms. The second-order valence-corrected chi connectivity index (χ2v) is 7.61. The third-order valence-corrected chi connectivity index (χ3v) is 5.25. The SMILES string of the molecule is CCCNC(=O)CN1CCN(c2ccc(C(=O)O)cc2NC(=O)c2ccc(F)cc2)CC1. The summed E-state index contributed by atoms with van der Waals surface area (Å²) in [6.07, 6.45) is 0.887. The molecular formula is C23H27FN4O4. The van der Waals surface area contributed by atoms with Gasteiger partial charge in [0.2, 0.25) is 5.91 Å². The second kappa shape index (κ2) is 10.7. The number of carboxylic acid groups (broad SMARTS) is 1. The number of aromatic carboxylic acids is 1. The van der Waals surface area contributed by atoms with Gasteiger partial charge in [-0.05, 0) is 48.9 Å². The van der Waals surface area contributed by atoms with E-state index in [1.807, 2.05) is 11.8 Å². The van der Waals surface area contributed by atoms with Gasteiger partial charge in [-0.25, -0.2) is 9.18 Å². The van der Waals surface area contributed by atoms with E-state index in [4.69, 9.17) is 0 Å². The van der Waals surface area contributed by atoms with E-state index in [-0.39, 0.29) is 17.0 Å². The Morgan fingerprint density at radius 3 is 2.28 bits per heavy atom. The van der Waals surface area contributed by atoms with Crippen LogP contribution in [0.2, 0.25) is 0 Å². The van der Waals surface area contributed by atoms with Gasteiger partial charge in [0.15, 0.2) is 0 Å². The Hall–Kier alpha value is -3.46. The third-order valence-electron chi connectivity index (χ3n) is 5.25. The highest BCUT2D eigenvalue weighted by atomic mass is 19.1. The second-order valence-electron chi connectivity index (χ2n) is 7.61. The normalized spacial score (nSPS) is 14.1. The Labute approximate surface area is 186 Å². The van der Waals surface area contributed by atoms with Crippen LogP contribution in [0.25, 0.3) is 0 Å². The van der Waals surface area contributed by atoms with Crippen molar-refractivity contribution in [3.63, 3.8) is 0 Å². The van der Waals surface area contributed by atoms with Crippen LogP contribution < -0.4 is 15.5 Å². The van der Waals surface area contributed by atoms with Gasteiger partial charge in [0.1, 0.15) is 5.82 Å². The van der Waals surface area contributed by atoms with Gasteiger partial charge in [0.25, 0.3) is 5.91 Å². The van der Waals surface area contributed by atoms with Crippen LogP contribution in [0.3, 0.4) is 0 Å². The highest BCUT2D eigenvalue weighted by Crippen LogP contribution is 2.29. The van der Waals surface area contributed by atoms with Crippen LogP contribution in [0.1, 0.15) is 34.1 Å². The van der Waals surface area contributed by atoms with E-state index in [1.54, 1.807) is 6.07 Å². The summed E-state index contributed by atoms with van der Waals surface area (Å²) >= 11 is 0. The summed E-state index contributed by atoms with van der Waals surface area (Å²) in [7, 11) is 0. The van der Waals surface area contributed by atoms with Gasteiger partial charge < -0.3 is 20.6 Å². The molecule has 2 aromatic carbocycles. The molecule has 0 atom stereocenters. The highest BCUT2D eigenvalue weighted by Gasteiger charge is 2.22. The van der Waals surface area contributed by atoms with Gasteiger partial charge in [0.05, 0.1) is 23.5 Å². The van der Waals surface area contributed by atoms with E-state index in [1.165, 1.54) is 36.4 Å². The number of piperazine rings is 1. The summed E-state index contributed by atoms with van der Waals surface area (Å²) in [6.45, 7) is 5.55. The molecule has 0 bridgehead atoms. The van der Waals surface area contributed by atoms with Crippen molar-refractivity contribution in [1.29, 1.82) is 0 Å². The summed E-state index contributed by atoms with van der Waals surface area (Å²) < 4.78 is 13.2. The fourth-order valence-electron chi connectivity index (χ4n) is 3.51. The maximum Gasteiger partial charge on any atom is 0.335 e. The molecular weight excluding hydrogens is 415 g/mol. The summed E-state index contributed by atoms with van der Waals surface area (Å²) in [6, 6.07) is 9.72. The number of hydrogen-bond acceptors (Lipinski definition) is 5. The summed E-state index contributed by atoms with van der Waals surface area (Å²) in [4.78, 5) is 40.2. The minimum absolute atomic E-state index is 0.00152. The lowest BCUT2D eigenvalue weighted by molar-refractivity contribution is -0.122. The first-order valence-corrected chi connectivity index (χ1v) is 10.6. The first kappa shape index (κ1) is 23.2. The maximum absolute atomic E-state index is 13.2. The zero-order valence-electron chi connectivity index (χ0n) is 17.9. The molecule has 8 nitrogen and oxygen atoms in total. The van der Waals surface area contributed by atoms with E-state index >= 15 is 0 Å². The predicted octanol–water partition coefficient (Wildman–Crippen LogP) is 2.42. The number of rotatable bonds is 8. The number of carbonyl (C=O) groups is 3. The van der Waals surface area contributed by atoms with E-state index in [9.17, 15) is 23.9 Å². The van der Waals surface area contributed by atoms with Gasteiger partial charge in [-0.15, -0.1) is 0 Å². The number of nitrogens with zero attached hydrogens (tertiary/aromatic N) is 2. The fourth-order valence-corrected chi connectivity index (χ4v) is 3.51. The molecule has 1 aliphatic rings. The molecule has 0 radical (unpaired) electrons. The van der Waals surface area contributed by atoms with Crippen molar-refractivity contribution < 1.29 is 23.9 Å². The third kappa shape index (κ3) is 6.04. The lowest BCUT2D eigenvalue weighted by Gasteiger charge is -2.36. The Kier molecular flexibility index (Phi) is 7.77. The van der Waals surface area contributed by atoms with Crippen molar-refractivity contribution in [1.82, 2.24) is 10.2 Å². The highest BCUT2D eigenvalue weighted by molar-refractivity contribution is 6.06. The first-order chi connectivity index (χ1) is 15.4. The molecule has 0 saturated carbocycles. The minimum atomic E-state index is -1.10. The predicted molar refractivity (Wildman–Crippen MR) is 120 cm³/mol. The van der Waals surface area contributed by atoms with Crippen LogP contribution >= 0.6 is 0 Å². The molecule has 0 aromatic heterocycles. The van der Waals surface area contributed by atoms with Crippen molar-refractivity contribution in [3.8, 4) is 0 Å². The summed E-state index contributed by atoms with van der Waals surface area (Å²) in [5.74, 6) is -2.01. The molecule has 170 valence electrons. The molecule has 2 amide bonds. The molecule has 0 spiro atoms. The number of nitrogens with one attached hydrogen (secondary N) is 2. The van der Waals surface area contributed by atoms with Gasteiger partial charge >= 0.3 is 5.97 Å². The largest absolute Gasteiger partial charge is 0.478 e. The number of amides is 2. The zero-order chi connectivity index (χ0) is 23.1. The van der Waals surface area contributed by atoms with Crippen LogP contribution in [0.15, 0.2) is 42.5 Å². The standard InChI is InChI=1S/C23H27FN4O4/c1-2-9-25-21(29)15-27-10-12-28(13-11-27)20-8-5-17(23(31)32)14-19(20)26-22(30)16-3-6-18(24)7-4-16/h3-8,14H,2,9-13,15H2,1H3,(H,25,29)(H,26,30)(H,31,32). The van der Waals surface area contributed by atoms with Crippen LogP contribution in [-0.4, -0.2) is 67.1 Å². The van der Waals surface area contributed by atoms with Crippen molar-refractivity contribution >= 4 is 29.2 Å². The van der Waals surface area contributed by atoms with Crippen molar-refractivity contribution in [2.75, 3.05) is 49.5 Å². The Morgan fingerprint density at radius 2 is 1.66 bits per heavy atom. The topological polar surface area (TPSA) is 102 Å². The molecule has 2 aromatic rings. The van der Waals surface area contributed by atoms with Crippen LogP contribution in [0, 0.1) is 5.82 Å². The Balaban J connectivity index is 1.72. The monoisotopic (exact) mass is 442 g/mol. The van der Waals surface area contributed by atoms with E-state index in [2.05, 4.69) is 15.5 Å². The van der Waals surface area contributed by atoms with Crippen LogP contribution in [0.4, 0.5) is 15.8 Å². The molecule has 32 heavy (non-hydrogen) atoms. The van der Waals surface area contributed by atoms with E-state index in [0.29, 0.717) is 50.6 Å². The number of benzene rings is 2. The number of carbonyl (C=O) groups excluding carboxylic acids is 2. The Morgan fingerprint density at radius 1 is 1.00 bits per heavy atom. The molecule has 1 aliphatic heterocycles. The smallest absolute Gasteiger partial charge is 0.335 e. The van der Waals surface area contributed by atoms with Gasteiger partial charge in [-0.3, -0.25) is 14.5 Å². The maximum atomic E-state index is 13.2. The molecule has 3 rings (SSSR count). The summed E-state index contributed by atoms with van der Waals surface area (Å²) in [5, 5.41) is 15.0. The number of halogens is 1. The van der Waals surface area contributed by atoms with E-state index in [0.717, 1.165) is 6.42 Å². The van der Waals surface area contributed by atoms with Crippen LogP contribution in [-0.2, 0) is 4.79 Å². The summed E-state index contributed by atoms with van der Waals surface area (Å²) in [5.41, 5.74) is 1.38. The van der Waals surface area contributed by atoms with Gasteiger partial charge in [-0.2, -0.15) is 0 Å². The lowest BCUT2D eigenvalue weighted by atomic mass is 10.1. The molecule has 1 saturated heterocycles. The van der Waals surface area contributed by atoms with Gasteiger partial charge in [0, 0.05) is 38.3 Å². The first-order valence-electron chi connectivity index (χ1n) is 10.6. The number of hydrogen-bond donors (Lipinski definition) is 3. The van der Waals surface area contributed by atoms with Gasteiger partial charge in [-0.1, -0.05) is 6.92 Å². The average Bonchev–Trinajstić information content (AvgIpc) is 2.78. The lowest BCUT2D eigenvalue weighted by Crippen LogP contribution is -2.49. The fraction of sp³-hybridized carbons (Fsp3) is 0.348. The zero-order valence-corrected chi connectivity index (χ0v) is 17.9. The quantitative estimate of drug-likeness (QED) is 0.580. The van der Waals surface area contributed by atoms with Crippen molar-refractivity contribution in [2.24, 2.45) is 0 Å².